The van der Waals surface area contributed by atoms with E-state index in [0.717, 1.165) is 9.50 Å². The highest BCUT2D eigenvalue weighted by atomic mass is 127. The molecule has 1 rings (SSSR count). The normalized spacial score (nSPS) is 9.88. The van der Waals surface area contributed by atoms with E-state index in [1.807, 2.05) is 5.38 Å². The summed E-state index contributed by atoms with van der Waals surface area (Å²) in [7, 11) is 0. The van der Waals surface area contributed by atoms with Crippen LogP contribution in [0.1, 0.15) is 0 Å². The van der Waals surface area contributed by atoms with E-state index in [0.29, 0.717) is 0 Å². The van der Waals surface area contributed by atoms with Crippen molar-refractivity contribution >= 4 is 61.5 Å². The second-order valence-corrected chi connectivity index (χ2v) is 5.06. The molecule has 1 aromatic rings. The molecule has 0 aliphatic heterocycles. The van der Waals surface area contributed by atoms with Crippen molar-refractivity contribution in [2.45, 2.75) is 0 Å². The summed E-state index contributed by atoms with van der Waals surface area (Å²) in [6, 6.07) is 0. The lowest BCUT2D eigenvalue weighted by atomic mass is 10.7. The molecule has 4 heteroatoms. The smallest absolute Gasteiger partial charge is 0.0810 e. The van der Waals surface area contributed by atoms with Gasteiger partial charge in [-0.15, -0.1) is 11.3 Å². The van der Waals surface area contributed by atoms with Crippen LogP contribution in [0.15, 0.2) is 9.85 Å². The maximum atomic E-state index is 5.69. The van der Waals surface area contributed by atoms with Gasteiger partial charge in [-0.25, -0.2) is 0 Å². The Kier molecular flexibility index (Phi) is 2.61. The Morgan fingerprint density at radius 3 is 2.50 bits per heavy atom. The largest absolute Gasteiger partial charge is 0.135 e. The van der Waals surface area contributed by atoms with Crippen molar-refractivity contribution in [3.63, 3.8) is 0 Å². The van der Waals surface area contributed by atoms with Crippen LogP contribution < -0.4 is 0 Å². The molecule has 0 radical (unpaired) electrons. The van der Waals surface area contributed by atoms with E-state index in [9.17, 15) is 0 Å². The van der Waals surface area contributed by atoms with E-state index < -0.39 is 0 Å². The third-order valence-corrected chi connectivity index (χ3v) is 5.20. The van der Waals surface area contributed by atoms with Crippen molar-refractivity contribution < 1.29 is 0 Å². The van der Waals surface area contributed by atoms with Crippen LogP contribution in [0.4, 0.5) is 0 Å². The molecule has 1 heterocycles. The quantitative estimate of drug-likeness (QED) is 0.638. The molecule has 44 valence electrons. The van der Waals surface area contributed by atoms with Gasteiger partial charge in [0.05, 0.1) is 12.4 Å². The van der Waals surface area contributed by atoms with Crippen LogP contribution in [0.5, 0.6) is 0 Å². The fourth-order valence-corrected chi connectivity index (χ4v) is 2.50. The SMILES string of the molecule is Clc1csc(I)c1Br. The highest BCUT2D eigenvalue weighted by molar-refractivity contribution is 14.1. The summed E-state index contributed by atoms with van der Waals surface area (Å²) in [6.45, 7) is 0. The number of hydrogen-bond acceptors (Lipinski definition) is 1. The molecule has 1 aromatic heterocycles. The summed E-state index contributed by atoms with van der Waals surface area (Å²) >= 11 is 12.9. The van der Waals surface area contributed by atoms with Crippen LogP contribution in [0.2, 0.25) is 5.02 Å². The lowest BCUT2D eigenvalue weighted by molar-refractivity contribution is 1.83. The maximum absolute atomic E-state index is 5.69. The maximum Gasteiger partial charge on any atom is 0.0810 e. The Morgan fingerprint density at radius 2 is 2.38 bits per heavy atom. The van der Waals surface area contributed by atoms with Gasteiger partial charge in [-0.1, -0.05) is 11.6 Å². The zero-order valence-electron chi connectivity index (χ0n) is 3.62. The van der Waals surface area contributed by atoms with Crippen molar-refractivity contribution in [2.75, 3.05) is 0 Å². The Hall–Kier alpha value is 1.20. The molecule has 0 aliphatic rings. The molecule has 0 nitrogen and oxygen atoms in total. The molecule has 0 aromatic carbocycles. The summed E-state index contributed by atoms with van der Waals surface area (Å²) in [5.41, 5.74) is 0. The molecule has 0 bridgehead atoms. The summed E-state index contributed by atoms with van der Waals surface area (Å²) in [4.78, 5) is 0. The number of rotatable bonds is 0. The van der Waals surface area contributed by atoms with Gasteiger partial charge in [0.1, 0.15) is 0 Å². The highest BCUT2D eigenvalue weighted by Gasteiger charge is 2.01. The van der Waals surface area contributed by atoms with E-state index in [2.05, 4.69) is 38.5 Å². The Morgan fingerprint density at radius 1 is 1.75 bits per heavy atom. The van der Waals surface area contributed by atoms with Crippen molar-refractivity contribution in [1.29, 1.82) is 0 Å². The predicted octanol–water partition coefficient (Wildman–Crippen LogP) is 3.77. The molecule has 0 saturated carbocycles. The number of halogens is 3. The van der Waals surface area contributed by atoms with Crippen molar-refractivity contribution in [1.82, 2.24) is 0 Å². The summed E-state index contributed by atoms with van der Waals surface area (Å²) in [5, 5.41) is 2.72. The van der Waals surface area contributed by atoms with E-state index in [1.54, 1.807) is 11.3 Å². The first-order valence-corrected chi connectivity index (χ1v) is 4.92. The topological polar surface area (TPSA) is 0 Å². The van der Waals surface area contributed by atoms with Crippen LogP contribution in [-0.2, 0) is 0 Å². The lowest BCUT2D eigenvalue weighted by Crippen LogP contribution is -1.55. The van der Waals surface area contributed by atoms with E-state index in [4.69, 9.17) is 11.6 Å². The van der Waals surface area contributed by atoms with Gasteiger partial charge in [-0.3, -0.25) is 0 Å². The summed E-state index contributed by atoms with van der Waals surface area (Å²) in [5.74, 6) is 0. The monoisotopic (exact) mass is 322 g/mol. The van der Waals surface area contributed by atoms with Crippen LogP contribution >= 0.6 is 61.5 Å². The molecule has 8 heavy (non-hydrogen) atoms. The minimum Gasteiger partial charge on any atom is -0.135 e. The molecule has 0 N–H and O–H groups in total. The van der Waals surface area contributed by atoms with Crippen LogP contribution in [0, 0.1) is 2.88 Å². The molecule has 0 spiro atoms. The molecule has 0 fully saturated rings. The first-order chi connectivity index (χ1) is 3.72. The van der Waals surface area contributed by atoms with E-state index in [1.165, 1.54) is 2.88 Å². The third kappa shape index (κ3) is 1.37. The fraction of sp³-hybridized carbons (Fsp3) is 0. The molecule has 0 unspecified atom stereocenters. The second kappa shape index (κ2) is 2.86. The highest BCUT2D eigenvalue weighted by Crippen LogP contribution is 2.32. The van der Waals surface area contributed by atoms with Crippen molar-refractivity contribution in [2.24, 2.45) is 0 Å². The first-order valence-electron chi connectivity index (χ1n) is 1.80. The van der Waals surface area contributed by atoms with Crippen molar-refractivity contribution in [3.8, 4) is 0 Å². The average Bonchev–Trinajstić information content (AvgIpc) is 1.98. The van der Waals surface area contributed by atoms with Crippen LogP contribution in [-0.4, -0.2) is 0 Å². The molecule has 0 amide bonds. The standard InChI is InChI=1S/C4HBrClIS/c5-3-2(6)1-8-4(3)7/h1H. The van der Waals surface area contributed by atoms with E-state index >= 15 is 0 Å². The van der Waals surface area contributed by atoms with Gasteiger partial charge in [-0.05, 0) is 38.5 Å². The molecule has 0 saturated heterocycles. The molecule has 0 atom stereocenters. The van der Waals surface area contributed by atoms with Crippen LogP contribution in [0.3, 0.4) is 0 Å². The van der Waals surface area contributed by atoms with Gasteiger partial charge in [0.25, 0.3) is 0 Å². The third-order valence-electron chi connectivity index (χ3n) is 0.648. The van der Waals surface area contributed by atoms with Gasteiger partial charge >= 0.3 is 0 Å². The van der Waals surface area contributed by atoms with Gasteiger partial charge in [0.2, 0.25) is 0 Å². The van der Waals surface area contributed by atoms with Crippen molar-refractivity contribution in [3.05, 3.63) is 17.8 Å². The Labute approximate surface area is 78.5 Å². The Balaban J connectivity index is 3.19. The molecule has 0 aliphatic carbocycles. The number of hydrogen-bond donors (Lipinski definition) is 0. The molecular formula is C4HBrClIS. The van der Waals surface area contributed by atoms with Gasteiger partial charge in [0, 0.05) is 5.38 Å². The number of thiophene rings is 1. The van der Waals surface area contributed by atoms with E-state index in [-0.39, 0.29) is 0 Å². The zero-order valence-corrected chi connectivity index (χ0v) is 8.94. The minimum atomic E-state index is 0.805. The van der Waals surface area contributed by atoms with Crippen LogP contribution in [0.25, 0.3) is 0 Å². The van der Waals surface area contributed by atoms with Gasteiger partial charge in [0.15, 0.2) is 0 Å². The lowest BCUT2D eigenvalue weighted by Gasteiger charge is -1.80. The van der Waals surface area contributed by atoms with Gasteiger partial charge < -0.3 is 0 Å². The zero-order chi connectivity index (χ0) is 6.15. The second-order valence-electron chi connectivity index (χ2n) is 1.17. The minimum absolute atomic E-state index is 0.805. The summed E-state index contributed by atoms with van der Waals surface area (Å²) < 4.78 is 2.22. The molecular weight excluding hydrogens is 322 g/mol. The van der Waals surface area contributed by atoms with Gasteiger partial charge in [-0.2, -0.15) is 0 Å². The fourth-order valence-electron chi connectivity index (χ4n) is 0.301. The summed E-state index contributed by atoms with van der Waals surface area (Å²) in [6.07, 6.45) is 0. The Bertz CT molecular complexity index is 178. The average molecular weight is 323 g/mol. The first kappa shape index (κ1) is 7.31. The predicted molar refractivity (Wildman–Crippen MR) is 49.7 cm³/mol.